The Morgan fingerprint density at radius 1 is 1.17 bits per heavy atom. The number of aromatic nitrogens is 3. The Morgan fingerprint density at radius 2 is 2.04 bits per heavy atom. The van der Waals surface area contributed by atoms with Crippen LogP contribution in [0.15, 0.2) is 48.7 Å². The zero-order valence-electron chi connectivity index (χ0n) is 13.2. The van der Waals surface area contributed by atoms with E-state index in [2.05, 4.69) is 43.6 Å². The lowest BCUT2D eigenvalue weighted by molar-refractivity contribution is 0.887. The largest absolute Gasteiger partial charge is 0.339 e. The fourth-order valence-electron chi connectivity index (χ4n) is 2.83. The van der Waals surface area contributed by atoms with Crippen LogP contribution in [0.4, 0.5) is 23.1 Å². The highest BCUT2D eigenvalue weighted by molar-refractivity contribution is 6.31. The van der Waals surface area contributed by atoms with Gasteiger partial charge in [-0.1, -0.05) is 35.9 Å². The molecule has 0 atom stereocenters. The Hall–Kier alpha value is -2.66. The van der Waals surface area contributed by atoms with Crippen molar-refractivity contribution >= 4 is 34.7 Å². The van der Waals surface area contributed by atoms with E-state index in [0.29, 0.717) is 11.8 Å². The highest BCUT2D eigenvalue weighted by Gasteiger charge is 2.22. The van der Waals surface area contributed by atoms with E-state index >= 15 is 0 Å². The number of halogens is 1. The Bertz CT molecular complexity index is 896. The number of anilines is 4. The van der Waals surface area contributed by atoms with Crippen LogP contribution in [-0.4, -0.2) is 21.7 Å². The molecule has 0 spiro atoms. The number of nitrogens with zero attached hydrogens (tertiary/aromatic N) is 4. The Morgan fingerprint density at radius 3 is 2.92 bits per heavy atom. The molecule has 0 bridgehead atoms. The Labute approximate surface area is 145 Å². The SMILES string of the molecule is Cc1ccc(Nc2cnnc(N3CCc4ccccc43)n2)cc1Cl. The third-order valence-electron chi connectivity index (χ3n) is 4.12. The van der Waals surface area contributed by atoms with Crippen LogP contribution >= 0.6 is 11.6 Å². The Kier molecular flexibility index (Phi) is 3.78. The predicted octanol–water partition coefficient (Wildman–Crippen LogP) is 4.27. The van der Waals surface area contributed by atoms with Crippen LogP contribution in [0.3, 0.4) is 0 Å². The molecular weight excluding hydrogens is 322 g/mol. The minimum atomic E-state index is 0.600. The predicted molar refractivity (Wildman–Crippen MR) is 96.5 cm³/mol. The molecule has 120 valence electrons. The van der Waals surface area contributed by atoms with Gasteiger partial charge in [0.15, 0.2) is 5.82 Å². The van der Waals surface area contributed by atoms with Crippen molar-refractivity contribution in [3.63, 3.8) is 0 Å². The van der Waals surface area contributed by atoms with Crippen molar-refractivity contribution in [2.24, 2.45) is 0 Å². The molecule has 1 aliphatic rings. The molecule has 0 radical (unpaired) electrons. The van der Waals surface area contributed by atoms with E-state index in [1.165, 1.54) is 5.56 Å². The number of hydrogen-bond donors (Lipinski definition) is 1. The molecule has 0 fully saturated rings. The second-order valence-electron chi connectivity index (χ2n) is 5.76. The van der Waals surface area contributed by atoms with Crippen LogP contribution in [0.25, 0.3) is 0 Å². The maximum absolute atomic E-state index is 6.17. The van der Waals surface area contributed by atoms with Gasteiger partial charge in [0.25, 0.3) is 5.95 Å². The van der Waals surface area contributed by atoms with Gasteiger partial charge in [0.2, 0.25) is 0 Å². The van der Waals surface area contributed by atoms with E-state index in [1.54, 1.807) is 6.20 Å². The van der Waals surface area contributed by atoms with Gasteiger partial charge in [-0.15, -0.1) is 5.10 Å². The van der Waals surface area contributed by atoms with Crippen molar-refractivity contribution in [1.82, 2.24) is 15.2 Å². The van der Waals surface area contributed by atoms with Crippen molar-refractivity contribution < 1.29 is 0 Å². The summed E-state index contributed by atoms with van der Waals surface area (Å²) in [7, 11) is 0. The lowest BCUT2D eigenvalue weighted by Gasteiger charge is -2.17. The molecular formula is C18H16ClN5. The number of hydrogen-bond acceptors (Lipinski definition) is 5. The van der Waals surface area contributed by atoms with Gasteiger partial charge >= 0.3 is 0 Å². The van der Waals surface area contributed by atoms with E-state index in [9.17, 15) is 0 Å². The molecule has 2 heterocycles. The molecule has 1 aliphatic heterocycles. The molecule has 0 saturated heterocycles. The first-order chi connectivity index (χ1) is 11.7. The van der Waals surface area contributed by atoms with Crippen LogP contribution in [0, 0.1) is 6.92 Å². The number of benzene rings is 2. The maximum atomic E-state index is 6.17. The van der Waals surface area contributed by atoms with Gasteiger partial charge in [-0.3, -0.25) is 0 Å². The quantitative estimate of drug-likeness (QED) is 0.773. The van der Waals surface area contributed by atoms with Gasteiger partial charge in [0, 0.05) is 22.9 Å². The summed E-state index contributed by atoms with van der Waals surface area (Å²) >= 11 is 6.17. The number of aryl methyl sites for hydroxylation is 1. The minimum Gasteiger partial charge on any atom is -0.339 e. The summed E-state index contributed by atoms with van der Waals surface area (Å²) in [6, 6.07) is 14.1. The summed E-state index contributed by atoms with van der Waals surface area (Å²) in [5.41, 5.74) is 4.37. The molecule has 0 amide bonds. The molecule has 0 saturated carbocycles. The first-order valence-electron chi connectivity index (χ1n) is 7.79. The highest BCUT2D eigenvalue weighted by atomic mass is 35.5. The molecule has 24 heavy (non-hydrogen) atoms. The third kappa shape index (κ3) is 2.78. The lowest BCUT2D eigenvalue weighted by Crippen LogP contribution is -2.17. The topological polar surface area (TPSA) is 53.9 Å². The highest BCUT2D eigenvalue weighted by Crippen LogP contribution is 2.32. The van der Waals surface area contributed by atoms with Gasteiger partial charge in [0.05, 0.1) is 6.20 Å². The van der Waals surface area contributed by atoms with E-state index in [4.69, 9.17) is 11.6 Å². The van der Waals surface area contributed by atoms with Crippen molar-refractivity contribution in [3.05, 3.63) is 64.8 Å². The zero-order chi connectivity index (χ0) is 16.5. The number of fused-ring (bicyclic) bond motifs is 1. The lowest BCUT2D eigenvalue weighted by atomic mass is 10.2. The van der Waals surface area contributed by atoms with Gasteiger partial charge in [0.1, 0.15) is 0 Å². The van der Waals surface area contributed by atoms with E-state index in [1.807, 2.05) is 31.2 Å². The summed E-state index contributed by atoms with van der Waals surface area (Å²) < 4.78 is 0. The number of para-hydroxylation sites is 1. The number of rotatable bonds is 3. The van der Waals surface area contributed by atoms with E-state index in [0.717, 1.165) is 34.9 Å². The first kappa shape index (κ1) is 14.9. The van der Waals surface area contributed by atoms with Gasteiger partial charge in [-0.2, -0.15) is 10.1 Å². The van der Waals surface area contributed by atoms with Crippen LogP contribution in [0.2, 0.25) is 5.02 Å². The van der Waals surface area contributed by atoms with Crippen molar-refractivity contribution in [1.29, 1.82) is 0 Å². The fourth-order valence-corrected chi connectivity index (χ4v) is 3.01. The molecule has 4 rings (SSSR count). The molecule has 5 nitrogen and oxygen atoms in total. The van der Waals surface area contributed by atoms with Gasteiger partial charge in [-0.05, 0) is 42.7 Å². The standard InChI is InChI=1S/C18H16ClN5/c1-12-6-7-14(10-15(12)19)21-17-11-20-23-18(22-17)24-9-8-13-4-2-3-5-16(13)24/h2-7,10-11H,8-9H2,1H3,(H,21,22,23). The van der Waals surface area contributed by atoms with E-state index < -0.39 is 0 Å². The van der Waals surface area contributed by atoms with Crippen molar-refractivity contribution in [2.45, 2.75) is 13.3 Å². The molecule has 2 aromatic carbocycles. The molecule has 1 N–H and O–H groups in total. The fraction of sp³-hybridized carbons (Fsp3) is 0.167. The van der Waals surface area contributed by atoms with Gasteiger partial charge in [-0.25, -0.2) is 0 Å². The second kappa shape index (κ2) is 6.09. The maximum Gasteiger partial charge on any atom is 0.251 e. The summed E-state index contributed by atoms with van der Waals surface area (Å²) in [6.07, 6.45) is 2.60. The third-order valence-corrected chi connectivity index (χ3v) is 4.53. The second-order valence-corrected chi connectivity index (χ2v) is 6.17. The first-order valence-corrected chi connectivity index (χ1v) is 8.17. The normalized spacial score (nSPS) is 13.0. The minimum absolute atomic E-state index is 0.600. The summed E-state index contributed by atoms with van der Waals surface area (Å²) in [6.45, 7) is 2.84. The van der Waals surface area contributed by atoms with Crippen molar-refractivity contribution in [3.8, 4) is 0 Å². The van der Waals surface area contributed by atoms with Crippen LogP contribution in [0.5, 0.6) is 0 Å². The average molecular weight is 338 g/mol. The molecule has 0 unspecified atom stereocenters. The number of nitrogens with one attached hydrogen (secondary N) is 1. The zero-order valence-corrected chi connectivity index (χ0v) is 14.0. The molecule has 6 heteroatoms. The monoisotopic (exact) mass is 337 g/mol. The average Bonchev–Trinajstić information content (AvgIpc) is 3.03. The summed E-state index contributed by atoms with van der Waals surface area (Å²) in [5, 5.41) is 12.2. The molecule has 0 aliphatic carbocycles. The summed E-state index contributed by atoms with van der Waals surface area (Å²) in [4.78, 5) is 6.69. The van der Waals surface area contributed by atoms with Crippen molar-refractivity contribution in [2.75, 3.05) is 16.8 Å². The van der Waals surface area contributed by atoms with Crippen LogP contribution < -0.4 is 10.2 Å². The van der Waals surface area contributed by atoms with E-state index in [-0.39, 0.29) is 0 Å². The molecule has 3 aromatic rings. The van der Waals surface area contributed by atoms with Crippen LogP contribution in [0.1, 0.15) is 11.1 Å². The van der Waals surface area contributed by atoms with Crippen LogP contribution in [-0.2, 0) is 6.42 Å². The Balaban J connectivity index is 1.61. The smallest absolute Gasteiger partial charge is 0.251 e. The summed E-state index contributed by atoms with van der Waals surface area (Å²) in [5.74, 6) is 1.24. The molecule has 1 aromatic heterocycles. The van der Waals surface area contributed by atoms with Gasteiger partial charge < -0.3 is 10.2 Å².